The molecule has 1 N–H and O–H groups in total. The molecule has 1 saturated heterocycles. The van der Waals surface area contributed by atoms with Crippen LogP contribution in [0.2, 0.25) is 0 Å². The first-order valence-electron chi connectivity index (χ1n) is 7.48. The minimum absolute atomic E-state index is 0.129. The third kappa shape index (κ3) is 4.64. The van der Waals surface area contributed by atoms with Gasteiger partial charge in [-0.2, -0.15) is 13.2 Å². The van der Waals surface area contributed by atoms with E-state index in [1.165, 1.54) is 11.8 Å². The Morgan fingerprint density at radius 3 is 2.23 bits per heavy atom. The largest absolute Gasteiger partial charge is 0.408 e. The highest BCUT2D eigenvalue weighted by atomic mass is 32.2. The molecule has 0 bridgehead atoms. The predicted molar refractivity (Wildman–Crippen MR) is 85.3 cm³/mol. The van der Waals surface area contributed by atoms with E-state index in [-0.39, 0.29) is 4.75 Å². The van der Waals surface area contributed by atoms with Crippen molar-refractivity contribution in [1.29, 1.82) is 0 Å². The lowest BCUT2D eigenvalue weighted by Crippen LogP contribution is -2.49. The van der Waals surface area contributed by atoms with Gasteiger partial charge in [0.05, 0.1) is 0 Å². The Balaban J connectivity index is 2.39. The van der Waals surface area contributed by atoms with Crippen LogP contribution in [0, 0.1) is 0 Å². The SMILES string of the molecule is CC(C)(C)Sc1ccccc1[C@@H](N1CCNCC1)C(F)(F)F. The molecule has 1 aliphatic heterocycles. The summed E-state index contributed by atoms with van der Waals surface area (Å²) in [6.07, 6.45) is -4.27. The molecule has 1 aromatic carbocycles. The highest BCUT2D eigenvalue weighted by molar-refractivity contribution is 8.00. The van der Waals surface area contributed by atoms with Crippen LogP contribution in [0.5, 0.6) is 0 Å². The van der Waals surface area contributed by atoms with Gasteiger partial charge in [0.1, 0.15) is 6.04 Å². The van der Waals surface area contributed by atoms with Crippen LogP contribution in [0.15, 0.2) is 29.2 Å². The second-order valence-corrected chi connectivity index (χ2v) is 8.35. The maximum atomic E-state index is 13.7. The second-order valence-electron chi connectivity index (χ2n) is 6.48. The number of hydrogen-bond donors (Lipinski definition) is 1. The fraction of sp³-hybridized carbons (Fsp3) is 0.625. The maximum absolute atomic E-state index is 13.7. The van der Waals surface area contributed by atoms with Crippen LogP contribution in [0.4, 0.5) is 13.2 Å². The summed E-state index contributed by atoms with van der Waals surface area (Å²) in [6, 6.07) is 5.40. The number of thioether (sulfide) groups is 1. The minimum atomic E-state index is -4.27. The van der Waals surface area contributed by atoms with Crippen molar-refractivity contribution < 1.29 is 13.2 Å². The number of nitrogens with zero attached hydrogens (tertiary/aromatic N) is 1. The molecule has 1 atom stereocenters. The maximum Gasteiger partial charge on any atom is 0.408 e. The van der Waals surface area contributed by atoms with Gasteiger partial charge in [-0.15, -0.1) is 11.8 Å². The summed E-state index contributed by atoms with van der Waals surface area (Å²) >= 11 is 1.49. The molecule has 1 aliphatic rings. The van der Waals surface area contributed by atoms with Gasteiger partial charge in [-0.3, -0.25) is 4.90 Å². The number of piperazine rings is 1. The van der Waals surface area contributed by atoms with Crippen molar-refractivity contribution in [2.45, 2.75) is 42.6 Å². The quantitative estimate of drug-likeness (QED) is 0.840. The number of alkyl halides is 3. The summed E-state index contributed by atoms with van der Waals surface area (Å²) in [5.41, 5.74) is 0.372. The smallest absolute Gasteiger partial charge is 0.314 e. The molecular weight excluding hydrogens is 309 g/mol. The summed E-state index contributed by atoms with van der Waals surface area (Å²) < 4.78 is 41.1. The second kappa shape index (κ2) is 6.81. The van der Waals surface area contributed by atoms with Crippen molar-refractivity contribution in [1.82, 2.24) is 10.2 Å². The molecule has 0 spiro atoms. The van der Waals surface area contributed by atoms with Crippen molar-refractivity contribution >= 4 is 11.8 Å². The molecule has 1 fully saturated rings. The van der Waals surface area contributed by atoms with Gasteiger partial charge in [-0.1, -0.05) is 39.0 Å². The first kappa shape index (κ1) is 17.6. The predicted octanol–water partition coefficient (Wildman–Crippen LogP) is 4.09. The van der Waals surface area contributed by atoms with E-state index in [1.54, 1.807) is 23.1 Å². The van der Waals surface area contributed by atoms with Crippen LogP contribution in [-0.4, -0.2) is 42.0 Å². The molecule has 0 unspecified atom stereocenters. The number of benzene rings is 1. The summed E-state index contributed by atoms with van der Waals surface area (Å²) in [6.45, 7) is 8.07. The first-order valence-corrected chi connectivity index (χ1v) is 8.29. The van der Waals surface area contributed by atoms with Crippen molar-refractivity contribution in [2.75, 3.05) is 26.2 Å². The van der Waals surface area contributed by atoms with E-state index in [2.05, 4.69) is 5.32 Å². The van der Waals surface area contributed by atoms with Gasteiger partial charge in [-0.05, 0) is 11.6 Å². The lowest BCUT2D eigenvalue weighted by molar-refractivity contribution is -0.188. The van der Waals surface area contributed by atoms with Gasteiger partial charge < -0.3 is 5.32 Å². The van der Waals surface area contributed by atoms with Gasteiger partial charge in [0, 0.05) is 35.8 Å². The Kier molecular flexibility index (Phi) is 5.45. The van der Waals surface area contributed by atoms with Crippen molar-refractivity contribution in [3.05, 3.63) is 29.8 Å². The number of hydrogen-bond acceptors (Lipinski definition) is 3. The number of rotatable bonds is 3. The Bertz CT molecular complexity index is 491. The average Bonchev–Trinajstić information content (AvgIpc) is 2.39. The minimum Gasteiger partial charge on any atom is -0.314 e. The van der Waals surface area contributed by atoms with Crippen molar-refractivity contribution in [3.8, 4) is 0 Å². The van der Waals surface area contributed by atoms with Crippen LogP contribution in [0.1, 0.15) is 32.4 Å². The Labute approximate surface area is 134 Å². The zero-order chi connectivity index (χ0) is 16.4. The summed E-state index contributed by atoms with van der Waals surface area (Å²) in [4.78, 5) is 2.26. The zero-order valence-corrected chi connectivity index (χ0v) is 14.0. The average molecular weight is 332 g/mol. The molecule has 1 aromatic rings. The van der Waals surface area contributed by atoms with E-state index in [4.69, 9.17) is 0 Å². The molecule has 0 saturated carbocycles. The number of halogens is 3. The van der Waals surface area contributed by atoms with Crippen LogP contribution < -0.4 is 5.32 Å². The van der Waals surface area contributed by atoms with Crippen molar-refractivity contribution in [2.24, 2.45) is 0 Å². The van der Waals surface area contributed by atoms with Crippen molar-refractivity contribution in [3.63, 3.8) is 0 Å². The monoisotopic (exact) mass is 332 g/mol. The molecule has 124 valence electrons. The summed E-state index contributed by atoms with van der Waals surface area (Å²) in [5.74, 6) is 0. The van der Waals surface area contributed by atoms with E-state index in [1.807, 2.05) is 26.8 Å². The number of nitrogens with one attached hydrogen (secondary N) is 1. The Morgan fingerprint density at radius 2 is 1.68 bits per heavy atom. The normalized spacial score (nSPS) is 19.2. The highest BCUT2D eigenvalue weighted by Crippen LogP contribution is 2.44. The fourth-order valence-electron chi connectivity index (χ4n) is 2.65. The molecule has 6 heteroatoms. The van der Waals surface area contributed by atoms with Crippen LogP contribution >= 0.6 is 11.8 Å². The molecular formula is C16H23F3N2S. The molecule has 2 nitrogen and oxygen atoms in total. The third-order valence-electron chi connectivity index (χ3n) is 3.46. The molecule has 2 rings (SSSR count). The molecule has 22 heavy (non-hydrogen) atoms. The third-order valence-corrected chi connectivity index (χ3v) is 4.66. The van der Waals surface area contributed by atoms with E-state index < -0.39 is 12.2 Å². The van der Waals surface area contributed by atoms with Gasteiger partial charge in [0.15, 0.2) is 0 Å². The summed E-state index contributed by atoms with van der Waals surface area (Å²) in [5, 5.41) is 3.11. The Morgan fingerprint density at radius 1 is 1.09 bits per heavy atom. The Hall–Kier alpha value is -0.720. The van der Waals surface area contributed by atoms with Gasteiger partial charge in [0.25, 0.3) is 0 Å². The van der Waals surface area contributed by atoms with Gasteiger partial charge in [-0.25, -0.2) is 0 Å². The molecule has 0 radical (unpaired) electrons. The summed E-state index contributed by atoms with van der Waals surface area (Å²) in [7, 11) is 0. The molecule has 0 aromatic heterocycles. The van der Waals surface area contributed by atoms with Crippen LogP contribution in [-0.2, 0) is 0 Å². The van der Waals surface area contributed by atoms with E-state index >= 15 is 0 Å². The topological polar surface area (TPSA) is 15.3 Å². The van der Waals surface area contributed by atoms with E-state index in [9.17, 15) is 13.2 Å². The van der Waals surface area contributed by atoms with Gasteiger partial charge in [0.2, 0.25) is 0 Å². The van der Waals surface area contributed by atoms with E-state index in [0.717, 1.165) is 4.90 Å². The van der Waals surface area contributed by atoms with E-state index in [0.29, 0.717) is 31.7 Å². The molecule has 1 heterocycles. The van der Waals surface area contributed by atoms with Gasteiger partial charge >= 0.3 is 6.18 Å². The fourth-order valence-corrected chi connectivity index (χ4v) is 3.75. The standard InChI is InChI=1S/C16H23F3N2S/c1-15(2,3)22-13-7-5-4-6-12(13)14(16(17,18)19)21-10-8-20-9-11-21/h4-7,14,20H,8-11H2,1-3H3/t14-/m1/s1. The molecule has 0 amide bonds. The highest BCUT2D eigenvalue weighted by Gasteiger charge is 2.46. The first-order chi connectivity index (χ1) is 10.2. The zero-order valence-electron chi connectivity index (χ0n) is 13.2. The van der Waals surface area contributed by atoms with Crippen LogP contribution in [0.3, 0.4) is 0 Å². The lowest BCUT2D eigenvalue weighted by atomic mass is 10.0. The van der Waals surface area contributed by atoms with Crippen LogP contribution in [0.25, 0.3) is 0 Å². The molecule has 0 aliphatic carbocycles. The lowest BCUT2D eigenvalue weighted by Gasteiger charge is -2.37.